The van der Waals surface area contributed by atoms with Crippen molar-refractivity contribution in [1.29, 1.82) is 0 Å². The van der Waals surface area contributed by atoms with Crippen LogP contribution in [0.3, 0.4) is 0 Å². The summed E-state index contributed by atoms with van der Waals surface area (Å²) in [6, 6.07) is 11.5. The lowest BCUT2D eigenvalue weighted by Gasteiger charge is -2.29. The van der Waals surface area contributed by atoms with Crippen molar-refractivity contribution in [1.82, 2.24) is 9.88 Å². The zero-order valence-electron chi connectivity index (χ0n) is 19.8. The van der Waals surface area contributed by atoms with Crippen LogP contribution in [0.2, 0.25) is 0 Å². The Morgan fingerprint density at radius 2 is 1.74 bits per heavy atom. The minimum absolute atomic E-state index is 0.0790. The average Bonchev–Trinajstić information content (AvgIpc) is 3.15. The molecule has 0 fully saturated rings. The Morgan fingerprint density at radius 1 is 1.06 bits per heavy atom. The molecular formula is C26H27FN2O5. The molecule has 34 heavy (non-hydrogen) atoms. The summed E-state index contributed by atoms with van der Waals surface area (Å²) >= 11 is 0. The maximum atomic E-state index is 13.6. The lowest BCUT2D eigenvalue weighted by molar-refractivity contribution is 0.0592. The summed E-state index contributed by atoms with van der Waals surface area (Å²) in [5.74, 6) is -1.19. The van der Waals surface area contributed by atoms with E-state index in [0.717, 1.165) is 0 Å². The SMILES string of the molecule is COC(=O)c1[nH]c(C)c(C(=O)C(C)N(Cc2ccc(F)cc2)C(=O)c2cccc(OC)c2)c1C. The smallest absolute Gasteiger partial charge is 0.354 e. The zero-order chi connectivity index (χ0) is 25.0. The van der Waals surface area contributed by atoms with E-state index in [-0.39, 0.29) is 23.9 Å². The molecule has 0 bridgehead atoms. The lowest BCUT2D eigenvalue weighted by atomic mass is 9.98. The Balaban J connectivity index is 2.02. The first-order valence-electron chi connectivity index (χ1n) is 10.7. The second-order valence-electron chi connectivity index (χ2n) is 7.95. The molecule has 0 aliphatic rings. The van der Waals surface area contributed by atoms with Crippen molar-refractivity contribution in [3.8, 4) is 5.75 Å². The average molecular weight is 467 g/mol. The number of hydrogen-bond acceptors (Lipinski definition) is 5. The Morgan fingerprint density at radius 3 is 2.35 bits per heavy atom. The van der Waals surface area contributed by atoms with Crippen molar-refractivity contribution in [3.63, 3.8) is 0 Å². The maximum Gasteiger partial charge on any atom is 0.354 e. The third-order valence-electron chi connectivity index (χ3n) is 5.76. The van der Waals surface area contributed by atoms with Crippen LogP contribution >= 0.6 is 0 Å². The Labute approximate surface area is 197 Å². The summed E-state index contributed by atoms with van der Waals surface area (Å²) in [6.45, 7) is 5.06. The van der Waals surface area contributed by atoms with E-state index in [9.17, 15) is 18.8 Å². The van der Waals surface area contributed by atoms with Gasteiger partial charge in [0, 0.05) is 23.4 Å². The van der Waals surface area contributed by atoms with Gasteiger partial charge in [0.15, 0.2) is 5.78 Å². The summed E-state index contributed by atoms with van der Waals surface area (Å²) in [5.41, 5.74) is 2.49. The van der Waals surface area contributed by atoms with E-state index in [0.29, 0.717) is 33.7 Å². The highest BCUT2D eigenvalue weighted by molar-refractivity contribution is 6.07. The van der Waals surface area contributed by atoms with E-state index in [1.54, 1.807) is 57.2 Å². The van der Waals surface area contributed by atoms with E-state index in [1.807, 2.05) is 0 Å². The fraction of sp³-hybridized carbons (Fsp3) is 0.269. The van der Waals surface area contributed by atoms with Gasteiger partial charge in [-0.1, -0.05) is 18.2 Å². The van der Waals surface area contributed by atoms with Crippen molar-refractivity contribution in [2.24, 2.45) is 0 Å². The van der Waals surface area contributed by atoms with Crippen LogP contribution in [0.15, 0.2) is 48.5 Å². The number of amides is 1. The first kappa shape index (κ1) is 24.7. The molecule has 0 aliphatic heterocycles. The van der Waals surface area contributed by atoms with Crippen LogP contribution in [-0.4, -0.2) is 47.8 Å². The van der Waals surface area contributed by atoms with Gasteiger partial charge in [0.2, 0.25) is 0 Å². The molecule has 3 aromatic rings. The number of H-pyrrole nitrogens is 1. The highest BCUT2D eigenvalue weighted by atomic mass is 19.1. The van der Waals surface area contributed by atoms with Gasteiger partial charge in [-0.05, 0) is 62.2 Å². The third kappa shape index (κ3) is 5.01. The van der Waals surface area contributed by atoms with E-state index >= 15 is 0 Å². The molecular weight excluding hydrogens is 439 g/mol. The van der Waals surface area contributed by atoms with Crippen molar-refractivity contribution in [2.75, 3.05) is 14.2 Å². The van der Waals surface area contributed by atoms with Gasteiger partial charge >= 0.3 is 5.97 Å². The molecule has 2 aromatic carbocycles. The summed E-state index contributed by atoms with van der Waals surface area (Å²) in [5, 5.41) is 0. The predicted octanol–water partition coefficient (Wildman–Crippen LogP) is 4.48. The van der Waals surface area contributed by atoms with Crippen LogP contribution in [0.5, 0.6) is 5.75 Å². The summed E-state index contributed by atoms with van der Waals surface area (Å²) in [6.07, 6.45) is 0. The number of aryl methyl sites for hydroxylation is 1. The zero-order valence-corrected chi connectivity index (χ0v) is 19.8. The van der Waals surface area contributed by atoms with Gasteiger partial charge in [-0.2, -0.15) is 0 Å². The van der Waals surface area contributed by atoms with Crippen LogP contribution in [0.4, 0.5) is 4.39 Å². The van der Waals surface area contributed by atoms with Gasteiger partial charge in [0.1, 0.15) is 17.3 Å². The van der Waals surface area contributed by atoms with E-state index in [4.69, 9.17) is 9.47 Å². The minimum Gasteiger partial charge on any atom is -0.497 e. The molecule has 1 heterocycles. The molecule has 1 N–H and O–H groups in total. The summed E-state index contributed by atoms with van der Waals surface area (Å²) in [4.78, 5) is 43.6. The molecule has 0 aliphatic carbocycles. The largest absolute Gasteiger partial charge is 0.497 e. The summed E-state index contributed by atoms with van der Waals surface area (Å²) < 4.78 is 23.5. The second kappa shape index (κ2) is 10.3. The molecule has 0 saturated carbocycles. The van der Waals surface area contributed by atoms with E-state index < -0.39 is 17.8 Å². The molecule has 178 valence electrons. The second-order valence-corrected chi connectivity index (χ2v) is 7.95. The van der Waals surface area contributed by atoms with Crippen LogP contribution < -0.4 is 4.74 Å². The number of nitrogens with zero attached hydrogens (tertiary/aromatic N) is 1. The first-order valence-corrected chi connectivity index (χ1v) is 10.7. The van der Waals surface area contributed by atoms with Crippen LogP contribution in [0.25, 0.3) is 0 Å². The third-order valence-corrected chi connectivity index (χ3v) is 5.76. The number of ether oxygens (including phenoxy) is 2. The van der Waals surface area contributed by atoms with E-state index in [1.165, 1.54) is 31.3 Å². The molecule has 0 spiro atoms. The molecule has 7 nitrogen and oxygen atoms in total. The molecule has 0 saturated heterocycles. The number of benzene rings is 2. The van der Waals surface area contributed by atoms with Crippen LogP contribution in [0.1, 0.15) is 54.9 Å². The lowest BCUT2D eigenvalue weighted by Crippen LogP contribution is -2.43. The maximum absolute atomic E-state index is 13.6. The topological polar surface area (TPSA) is 88.7 Å². The standard InChI is InChI=1S/C26H27FN2O5/c1-15-22(16(2)28-23(15)26(32)34-5)24(30)17(3)29(14-18-9-11-20(27)12-10-18)25(31)19-7-6-8-21(13-19)33-4/h6-13,17,28H,14H2,1-5H3. The van der Waals surface area contributed by atoms with Gasteiger partial charge in [-0.15, -0.1) is 0 Å². The van der Waals surface area contributed by atoms with Gasteiger partial charge in [-0.3, -0.25) is 9.59 Å². The van der Waals surface area contributed by atoms with Crippen LogP contribution in [0, 0.1) is 19.7 Å². The number of Topliss-reactive ketones (excluding diaryl/α,β-unsaturated/α-hetero) is 1. The molecule has 1 amide bonds. The number of hydrogen-bond donors (Lipinski definition) is 1. The Kier molecular flexibility index (Phi) is 7.50. The summed E-state index contributed by atoms with van der Waals surface area (Å²) in [7, 11) is 2.77. The number of rotatable bonds is 8. The quantitative estimate of drug-likeness (QED) is 0.391. The van der Waals surface area contributed by atoms with Crippen molar-refractivity contribution >= 4 is 17.7 Å². The van der Waals surface area contributed by atoms with Crippen molar-refractivity contribution < 1.29 is 28.2 Å². The molecule has 3 rings (SSSR count). The van der Waals surface area contributed by atoms with Crippen LogP contribution in [-0.2, 0) is 11.3 Å². The number of methoxy groups -OCH3 is 2. The van der Waals surface area contributed by atoms with Gasteiger partial charge < -0.3 is 19.4 Å². The van der Waals surface area contributed by atoms with Crippen molar-refractivity contribution in [3.05, 3.63) is 88.0 Å². The number of esters is 1. The molecule has 1 unspecified atom stereocenters. The number of carbonyl (C=O) groups is 3. The number of ketones is 1. The van der Waals surface area contributed by atoms with E-state index in [2.05, 4.69) is 4.98 Å². The fourth-order valence-electron chi connectivity index (χ4n) is 3.87. The molecule has 0 radical (unpaired) electrons. The molecule has 8 heteroatoms. The number of aromatic amines is 1. The number of carbonyl (C=O) groups excluding carboxylic acids is 3. The van der Waals surface area contributed by atoms with Crippen molar-refractivity contribution in [2.45, 2.75) is 33.4 Å². The molecule has 1 aromatic heterocycles. The fourth-order valence-corrected chi connectivity index (χ4v) is 3.87. The predicted molar refractivity (Wildman–Crippen MR) is 125 cm³/mol. The van der Waals surface area contributed by atoms with Gasteiger partial charge in [0.05, 0.1) is 20.3 Å². The van der Waals surface area contributed by atoms with Gasteiger partial charge in [0.25, 0.3) is 5.91 Å². The van der Waals surface area contributed by atoms with Gasteiger partial charge in [-0.25, -0.2) is 9.18 Å². The molecule has 1 atom stereocenters. The Hall–Kier alpha value is -3.94. The number of aromatic nitrogens is 1. The highest BCUT2D eigenvalue weighted by Crippen LogP contribution is 2.24. The number of nitrogens with one attached hydrogen (secondary N) is 1. The number of halogens is 1. The normalized spacial score (nSPS) is 11.6. The monoisotopic (exact) mass is 466 g/mol. The Bertz CT molecular complexity index is 1220. The highest BCUT2D eigenvalue weighted by Gasteiger charge is 2.32. The first-order chi connectivity index (χ1) is 16.2. The minimum atomic E-state index is -0.887.